The molecule has 0 aromatic heterocycles. The van der Waals surface area contributed by atoms with E-state index >= 15 is 0 Å². The second kappa shape index (κ2) is 9.02. The lowest BCUT2D eigenvalue weighted by Crippen LogP contribution is -2.27. The average molecular weight is 316 g/mol. The minimum atomic E-state index is -1.48. The van der Waals surface area contributed by atoms with E-state index in [1.807, 2.05) is 18.2 Å². The maximum Gasteiger partial charge on any atom is 0.264 e. The number of carbonyl (C=O) groups excluding carboxylic acids is 1. The van der Waals surface area contributed by atoms with Gasteiger partial charge in [0.2, 0.25) is 0 Å². The second-order valence-electron chi connectivity index (χ2n) is 5.25. The van der Waals surface area contributed by atoms with Gasteiger partial charge in [0.05, 0.1) is 6.04 Å². The van der Waals surface area contributed by atoms with E-state index in [0.717, 1.165) is 11.8 Å². The molecule has 4 nitrogen and oxygen atoms in total. The highest BCUT2D eigenvalue weighted by molar-refractivity contribution is 5.56. The highest BCUT2D eigenvalue weighted by Crippen LogP contribution is 2.23. The van der Waals surface area contributed by atoms with Gasteiger partial charge in [0.25, 0.3) is 6.36 Å². The summed E-state index contributed by atoms with van der Waals surface area (Å²) in [6.45, 7) is 1.32. The Morgan fingerprint density at radius 2 is 1.83 bits per heavy atom. The van der Waals surface area contributed by atoms with Gasteiger partial charge in [-0.15, -0.1) is 0 Å². The Labute approximate surface area is 135 Å². The van der Waals surface area contributed by atoms with Crippen molar-refractivity contribution in [2.24, 2.45) is 5.73 Å². The van der Waals surface area contributed by atoms with Crippen molar-refractivity contribution in [3.8, 4) is 5.75 Å². The van der Waals surface area contributed by atoms with Crippen LogP contribution < -0.4 is 15.8 Å². The fourth-order valence-corrected chi connectivity index (χ4v) is 2.05. The molecule has 0 saturated heterocycles. The van der Waals surface area contributed by atoms with Gasteiger partial charge in [0, 0.05) is 12.1 Å². The van der Waals surface area contributed by atoms with Crippen molar-refractivity contribution in [1.82, 2.24) is 5.32 Å². The van der Waals surface area contributed by atoms with E-state index in [0.29, 0.717) is 30.8 Å². The molecule has 0 spiro atoms. The van der Waals surface area contributed by atoms with Crippen molar-refractivity contribution in [3.05, 3.63) is 65.7 Å². The van der Waals surface area contributed by atoms with Crippen molar-refractivity contribution in [3.63, 3.8) is 0 Å². The molecule has 0 fully saturated rings. The lowest BCUT2D eigenvalue weighted by molar-refractivity contribution is -0.109. The number of hydrogen-bond donors (Lipinski definition) is 2. The first-order chi connectivity index (χ1) is 11.2. The predicted octanol–water partition coefficient (Wildman–Crippen LogP) is 2.74. The van der Waals surface area contributed by atoms with Crippen molar-refractivity contribution >= 4 is 6.29 Å². The van der Waals surface area contributed by atoms with Crippen LogP contribution in [0.4, 0.5) is 4.39 Å². The van der Waals surface area contributed by atoms with Gasteiger partial charge < -0.3 is 20.6 Å². The van der Waals surface area contributed by atoms with E-state index in [9.17, 15) is 9.18 Å². The largest absolute Gasteiger partial charge is 0.456 e. The number of nitrogens with one attached hydrogen (secondary N) is 1. The number of benzene rings is 2. The summed E-state index contributed by atoms with van der Waals surface area (Å²) in [7, 11) is 0. The summed E-state index contributed by atoms with van der Waals surface area (Å²) in [6.07, 6.45) is -0.135. The first-order valence-electron chi connectivity index (χ1n) is 7.55. The third kappa shape index (κ3) is 5.81. The molecule has 0 radical (unpaired) electrons. The number of ether oxygens (including phenoxy) is 1. The lowest BCUT2D eigenvalue weighted by atomic mass is 10.2. The fraction of sp³-hybridized carbons (Fsp3) is 0.278. The van der Waals surface area contributed by atoms with Crippen LogP contribution in [-0.2, 0) is 11.3 Å². The van der Waals surface area contributed by atoms with Crippen LogP contribution in [0.1, 0.15) is 23.9 Å². The Balaban J connectivity index is 1.79. The first-order valence-corrected chi connectivity index (χ1v) is 7.55. The summed E-state index contributed by atoms with van der Waals surface area (Å²) in [5, 5.41) is 3.20. The maximum absolute atomic E-state index is 14.0. The zero-order chi connectivity index (χ0) is 16.5. The monoisotopic (exact) mass is 316 g/mol. The molecule has 3 N–H and O–H groups in total. The summed E-state index contributed by atoms with van der Waals surface area (Å²) >= 11 is 0. The molecular weight excluding hydrogens is 295 g/mol. The summed E-state index contributed by atoms with van der Waals surface area (Å²) in [5.74, 6) is 0.480. The summed E-state index contributed by atoms with van der Waals surface area (Å²) in [5.41, 5.74) is 7.05. The molecule has 122 valence electrons. The summed E-state index contributed by atoms with van der Waals surface area (Å²) in [4.78, 5) is 10.4. The molecule has 2 aromatic rings. The molecule has 0 saturated carbocycles. The molecule has 0 heterocycles. The zero-order valence-corrected chi connectivity index (χ0v) is 12.8. The molecule has 2 rings (SSSR count). The fourth-order valence-electron chi connectivity index (χ4n) is 2.05. The SMILES string of the molecule is NC(C=O)CCNCc1ccc(OC(F)c2ccccc2)cc1. The summed E-state index contributed by atoms with van der Waals surface area (Å²) < 4.78 is 19.3. The summed E-state index contributed by atoms with van der Waals surface area (Å²) in [6, 6.07) is 15.6. The topological polar surface area (TPSA) is 64.4 Å². The van der Waals surface area contributed by atoms with Crippen molar-refractivity contribution in [2.45, 2.75) is 25.4 Å². The van der Waals surface area contributed by atoms with E-state index < -0.39 is 12.4 Å². The van der Waals surface area contributed by atoms with Gasteiger partial charge in [-0.05, 0) is 30.7 Å². The molecule has 0 bridgehead atoms. The highest BCUT2D eigenvalue weighted by Gasteiger charge is 2.10. The maximum atomic E-state index is 14.0. The van der Waals surface area contributed by atoms with Crippen LogP contribution in [0.3, 0.4) is 0 Å². The van der Waals surface area contributed by atoms with Crippen molar-refractivity contribution in [1.29, 1.82) is 0 Å². The molecule has 0 aliphatic carbocycles. The second-order valence-corrected chi connectivity index (χ2v) is 5.25. The Kier molecular flexibility index (Phi) is 6.72. The molecule has 0 amide bonds. The Bertz CT molecular complexity index is 590. The minimum Gasteiger partial charge on any atom is -0.456 e. The van der Waals surface area contributed by atoms with E-state index in [1.165, 1.54) is 0 Å². The van der Waals surface area contributed by atoms with Gasteiger partial charge in [0.15, 0.2) is 0 Å². The molecular formula is C18H21FN2O2. The highest BCUT2D eigenvalue weighted by atomic mass is 19.1. The lowest BCUT2D eigenvalue weighted by Gasteiger charge is -2.12. The van der Waals surface area contributed by atoms with Crippen LogP contribution in [0.2, 0.25) is 0 Å². The number of hydrogen-bond acceptors (Lipinski definition) is 4. The van der Waals surface area contributed by atoms with Crippen LogP contribution in [0.25, 0.3) is 0 Å². The van der Waals surface area contributed by atoms with E-state index in [2.05, 4.69) is 5.32 Å². The molecule has 0 aliphatic heterocycles. The van der Waals surface area contributed by atoms with E-state index in [-0.39, 0.29) is 0 Å². The van der Waals surface area contributed by atoms with Crippen LogP contribution in [0.15, 0.2) is 54.6 Å². The Morgan fingerprint density at radius 3 is 2.48 bits per heavy atom. The standard InChI is InChI=1S/C18H21FN2O2/c19-18(15-4-2-1-3-5-15)23-17-8-6-14(7-9-17)12-21-11-10-16(20)13-22/h1-9,13,16,18,21H,10-12,20H2. The average Bonchev–Trinajstić information content (AvgIpc) is 2.60. The normalized spacial score (nSPS) is 13.3. The predicted molar refractivity (Wildman–Crippen MR) is 87.7 cm³/mol. The molecule has 0 aliphatic rings. The van der Waals surface area contributed by atoms with Crippen LogP contribution in [0, 0.1) is 0 Å². The first kappa shape index (κ1) is 17.1. The van der Waals surface area contributed by atoms with E-state index in [4.69, 9.17) is 10.5 Å². The third-order valence-electron chi connectivity index (χ3n) is 3.38. The van der Waals surface area contributed by atoms with Gasteiger partial charge in [-0.25, -0.2) is 0 Å². The van der Waals surface area contributed by atoms with Gasteiger partial charge in [-0.3, -0.25) is 0 Å². The number of nitrogens with two attached hydrogens (primary N) is 1. The molecule has 2 atom stereocenters. The molecule has 2 aromatic carbocycles. The van der Waals surface area contributed by atoms with Crippen LogP contribution >= 0.6 is 0 Å². The third-order valence-corrected chi connectivity index (χ3v) is 3.38. The Hall–Kier alpha value is -2.24. The van der Waals surface area contributed by atoms with E-state index in [1.54, 1.807) is 36.4 Å². The zero-order valence-electron chi connectivity index (χ0n) is 12.8. The Morgan fingerprint density at radius 1 is 1.13 bits per heavy atom. The molecule has 5 heteroatoms. The van der Waals surface area contributed by atoms with Gasteiger partial charge in [-0.2, -0.15) is 4.39 Å². The van der Waals surface area contributed by atoms with Crippen molar-refractivity contribution < 1.29 is 13.9 Å². The van der Waals surface area contributed by atoms with Gasteiger partial charge in [0.1, 0.15) is 12.0 Å². The number of alkyl halides is 1. The minimum absolute atomic E-state index is 0.419. The number of halogens is 1. The van der Waals surface area contributed by atoms with Crippen LogP contribution in [0.5, 0.6) is 5.75 Å². The molecule has 2 unspecified atom stereocenters. The van der Waals surface area contributed by atoms with Crippen molar-refractivity contribution in [2.75, 3.05) is 6.54 Å². The van der Waals surface area contributed by atoms with Gasteiger partial charge >= 0.3 is 0 Å². The van der Waals surface area contributed by atoms with Gasteiger partial charge in [-0.1, -0.05) is 42.5 Å². The number of aldehydes is 1. The molecule has 23 heavy (non-hydrogen) atoms. The smallest absolute Gasteiger partial charge is 0.264 e. The van der Waals surface area contributed by atoms with Crippen LogP contribution in [-0.4, -0.2) is 18.9 Å². The number of rotatable bonds is 9. The number of carbonyl (C=O) groups is 1. The quantitative estimate of drug-likeness (QED) is 0.551.